The second kappa shape index (κ2) is 8.20. The summed E-state index contributed by atoms with van der Waals surface area (Å²) in [4.78, 5) is 10.8. The Morgan fingerprint density at radius 3 is 2.58 bits per heavy atom. The quantitative estimate of drug-likeness (QED) is 0.603. The highest BCUT2D eigenvalue weighted by molar-refractivity contribution is 5.69. The molecule has 0 bridgehead atoms. The van der Waals surface area contributed by atoms with Crippen LogP contribution in [0.2, 0.25) is 0 Å². The van der Waals surface area contributed by atoms with Gasteiger partial charge in [0.15, 0.2) is 0 Å². The van der Waals surface area contributed by atoms with Crippen molar-refractivity contribution in [2.24, 2.45) is 0 Å². The van der Waals surface area contributed by atoms with Crippen LogP contribution >= 0.6 is 0 Å². The lowest BCUT2D eigenvalue weighted by Crippen LogP contribution is -2.04. The second-order valence-electron chi connectivity index (χ2n) is 4.32. The molecular formula is C16H20O3. The van der Waals surface area contributed by atoms with Crippen LogP contribution < -0.4 is 4.74 Å². The lowest BCUT2D eigenvalue weighted by atomic mass is 9.96. The molecule has 3 nitrogen and oxygen atoms in total. The van der Waals surface area contributed by atoms with Gasteiger partial charge in [0.1, 0.15) is 5.75 Å². The zero-order chi connectivity index (χ0) is 14.1. The number of hydrogen-bond donors (Lipinski definition) is 1. The fourth-order valence-electron chi connectivity index (χ4n) is 1.73. The summed E-state index contributed by atoms with van der Waals surface area (Å²) in [5.41, 5.74) is 0.916. The van der Waals surface area contributed by atoms with E-state index < -0.39 is 5.97 Å². The van der Waals surface area contributed by atoms with Crippen molar-refractivity contribution >= 4 is 5.97 Å². The molecule has 0 fully saturated rings. The van der Waals surface area contributed by atoms with Crippen molar-refractivity contribution in [2.45, 2.75) is 39.0 Å². The van der Waals surface area contributed by atoms with Gasteiger partial charge in [-0.1, -0.05) is 31.4 Å². The third-order valence-electron chi connectivity index (χ3n) is 2.75. The minimum Gasteiger partial charge on any atom is -0.494 e. The van der Waals surface area contributed by atoms with E-state index in [2.05, 4.69) is 18.8 Å². The topological polar surface area (TPSA) is 46.5 Å². The monoisotopic (exact) mass is 260 g/mol. The fourth-order valence-corrected chi connectivity index (χ4v) is 1.73. The van der Waals surface area contributed by atoms with Gasteiger partial charge in [0.2, 0.25) is 0 Å². The van der Waals surface area contributed by atoms with Crippen LogP contribution in [0, 0.1) is 11.8 Å². The standard InChI is InChI=1S/C16H20O3/c1-3-5-11-19-15-9-7-13(8-10-15)14(6-4-2)12-16(17)18/h7-10,14H,3,5,11-12H2,1-2H3,(H,17,18)/t14-/m0/s1. The molecule has 0 heterocycles. The van der Waals surface area contributed by atoms with Crippen LogP contribution in [0.4, 0.5) is 0 Å². The van der Waals surface area contributed by atoms with Crippen molar-refractivity contribution in [1.29, 1.82) is 0 Å². The first-order valence-corrected chi connectivity index (χ1v) is 6.54. The lowest BCUT2D eigenvalue weighted by Gasteiger charge is -2.10. The summed E-state index contributed by atoms with van der Waals surface area (Å²) in [5, 5.41) is 8.88. The highest BCUT2D eigenvalue weighted by Gasteiger charge is 2.12. The van der Waals surface area contributed by atoms with Crippen LogP contribution in [0.15, 0.2) is 24.3 Å². The number of rotatable bonds is 7. The number of ether oxygens (including phenoxy) is 1. The minimum atomic E-state index is -0.837. The van der Waals surface area contributed by atoms with Crippen molar-refractivity contribution in [3.05, 3.63) is 29.8 Å². The van der Waals surface area contributed by atoms with Gasteiger partial charge in [-0.05, 0) is 31.0 Å². The van der Waals surface area contributed by atoms with Crippen molar-refractivity contribution in [2.75, 3.05) is 6.61 Å². The molecule has 1 atom stereocenters. The van der Waals surface area contributed by atoms with Gasteiger partial charge < -0.3 is 9.84 Å². The van der Waals surface area contributed by atoms with Crippen LogP contribution in [0.5, 0.6) is 5.75 Å². The summed E-state index contributed by atoms with van der Waals surface area (Å²) in [6, 6.07) is 7.52. The van der Waals surface area contributed by atoms with Crippen LogP contribution in [0.25, 0.3) is 0 Å². The van der Waals surface area contributed by atoms with Gasteiger partial charge >= 0.3 is 5.97 Å². The van der Waals surface area contributed by atoms with Crippen molar-refractivity contribution in [3.8, 4) is 17.6 Å². The minimum absolute atomic E-state index is 0.0247. The van der Waals surface area contributed by atoms with Crippen LogP contribution in [-0.2, 0) is 4.79 Å². The van der Waals surface area contributed by atoms with Crippen LogP contribution in [0.1, 0.15) is 44.6 Å². The molecule has 0 aliphatic carbocycles. The third kappa shape index (κ3) is 5.48. The molecule has 0 amide bonds. The van der Waals surface area contributed by atoms with Gasteiger partial charge in [-0.15, -0.1) is 5.92 Å². The average molecular weight is 260 g/mol. The number of carbonyl (C=O) groups is 1. The summed E-state index contributed by atoms with van der Waals surface area (Å²) < 4.78 is 5.57. The third-order valence-corrected chi connectivity index (χ3v) is 2.75. The Bertz CT molecular complexity index is 451. The Kier molecular flexibility index (Phi) is 6.52. The highest BCUT2D eigenvalue weighted by Crippen LogP contribution is 2.22. The van der Waals surface area contributed by atoms with Gasteiger partial charge in [0.05, 0.1) is 18.9 Å². The summed E-state index contributed by atoms with van der Waals surface area (Å²) in [6.07, 6.45) is 2.16. The molecule has 102 valence electrons. The molecule has 1 aromatic carbocycles. The Balaban J connectivity index is 2.70. The van der Waals surface area contributed by atoms with Gasteiger partial charge in [-0.2, -0.15) is 0 Å². The maximum atomic E-state index is 10.8. The summed E-state index contributed by atoms with van der Waals surface area (Å²) in [7, 11) is 0. The molecule has 19 heavy (non-hydrogen) atoms. The molecular weight excluding hydrogens is 240 g/mol. The number of unbranched alkanes of at least 4 members (excludes halogenated alkanes) is 1. The van der Waals surface area contributed by atoms with Crippen LogP contribution in [-0.4, -0.2) is 17.7 Å². The van der Waals surface area contributed by atoms with Crippen molar-refractivity contribution < 1.29 is 14.6 Å². The molecule has 0 aliphatic rings. The van der Waals surface area contributed by atoms with Crippen molar-refractivity contribution in [3.63, 3.8) is 0 Å². The van der Waals surface area contributed by atoms with Gasteiger partial charge in [0.25, 0.3) is 0 Å². The Morgan fingerprint density at radius 2 is 2.05 bits per heavy atom. The Hall–Kier alpha value is -1.95. The summed E-state index contributed by atoms with van der Waals surface area (Å²) in [6.45, 7) is 4.55. The summed E-state index contributed by atoms with van der Waals surface area (Å²) in [5.74, 6) is 5.44. The van der Waals surface area contributed by atoms with E-state index in [0.29, 0.717) is 6.61 Å². The summed E-state index contributed by atoms with van der Waals surface area (Å²) >= 11 is 0. The molecule has 0 aliphatic heterocycles. The zero-order valence-electron chi connectivity index (χ0n) is 11.5. The largest absolute Gasteiger partial charge is 0.494 e. The van der Waals surface area contributed by atoms with E-state index in [1.807, 2.05) is 24.3 Å². The SMILES string of the molecule is CC#C[C@@H](CC(=O)O)c1ccc(OCCCC)cc1. The lowest BCUT2D eigenvalue weighted by molar-refractivity contribution is -0.137. The van der Waals surface area contributed by atoms with E-state index in [1.165, 1.54) is 0 Å². The van der Waals surface area contributed by atoms with Gasteiger partial charge in [-0.3, -0.25) is 4.79 Å². The van der Waals surface area contributed by atoms with Gasteiger partial charge in [0, 0.05) is 0 Å². The van der Waals surface area contributed by atoms with Crippen LogP contribution in [0.3, 0.4) is 0 Å². The Morgan fingerprint density at radius 1 is 1.37 bits per heavy atom. The van der Waals surface area contributed by atoms with E-state index in [0.717, 1.165) is 24.2 Å². The number of carboxylic acids is 1. The fraction of sp³-hybridized carbons (Fsp3) is 0.438. The predicted octanol–water partition coefficient (Wildman–Crippen LogP) is 3.45. The number of carboxylic acid groups (broad SMARTS) is 1. The number of aliphatic carboxylic acids is 1. The first-order chi connectivity index (χ1) is 9.17. The average Bonchev–Trinajstić information content (AvgIpc) is 2.39. The van der Waals surface area contributed by atoms with E-state index in [-0.39, 0.29) is 12.3 Å². The zero-order valence-corrected chi connectivity index (χ0v) is 11.5. The number of benzene rings is 1. The first-order valence-electron chi connectivity index (χ1n) is 6.54. The molecule has 0 unspecified atom stereocenters. The van der Waals surface area contributed by atoms with E-state index >= 15 is 0 Å². The molecule has 1 rings (SSSR count). The highest BCUT2D eigenvalue weighted by atomic mass is 16.5. The first kappa shape index (κ1) is 15.1. The molecule has 0 aromatic heterocycles. The van der Waals surface area contributed by atoms with E-state index in [4.69, 9.17) is 9.84 Å². The second-order valence-corrected chi connectivity index (χ2v) is 4.32. The molecule has 1 aromatic rings. The van der Waals surface area contributed by atoms with E-state index in [9.17, 15) is 4.79 Å². The number of hydrogen-bond acceptors (Lipinski definition) is 2. The predicted molar refractivity (Wildman–Crippen MR) is 75.3 cm³/mol. The molecule has 1 N–H and O–H groups in total. The molecule has 0 saturated heterocycles. The maximum absolute atomic E-state index is 10.8. The van der Waals surface area contributed by atoms with Gasteiger partial charge in [-0.25, -0.2) is 0 Å². The van der Waals surface area contributed by atoms with Crippen molar-refractivity contribution in [1.82, 2.24) is 0 Å². The molecule has 3 heteroatoms. The smallest absolute Gasteiger partial charge is 0.304 e. The maximum Gasteiger partial charge on any atom is 0.304 e. The molecule has 0 saturated carbocycles. The normalized spacial score (nSPS) is 11.3. The molecule has 0 spiro atoms. The molecule has 0 radical (unpaired) electrons. The van der Waals surface area contributed by atoms with E-state index in [1.54, 1.807) is 6.92 Å². The Labute approximate surface area is 114 Å².